The van der Waals surface area contributed by atoms with Crippen LogP contribution in [0.25, 0.3) is 0 Å². The van der Waals surface area contributed by atoms with Gasteiger partial charge in [0.1, 0.15) is 0 Å². The van der Waals surface area contributed by atoms with E-state index in [1.54, 1.807) is 0 Å². The van der Waals surface area contributed by atoms with Crippen molar-refractivity contribution in [3.63, 3.8) is 0 Å². The molecule has 5 nitrogen and oxygen atoms in total. The van der Waals surface area contributed by atoms with E-state index in [0.29, 0.717) is 11.3 Å². The molecule has 1 saturated carbocycles. The van der Waals surface area contributed by atoms with E-state index in [1.807, 2.05) is 0 Å². The molecule has 0 atom stereocenters. The highest BCUT2D eigenvalue weighted by Crippen LogP contribution is 2.42. The molecule has 3 rings (SSSR count). The van der Waals surface area contributed by atoms with Gasteiger partial charge in [-0.05, 0) is 30.5 Å². The molecule has 0 spiro atoms. The van der Waals surface area contributed by atoms with Gasteiger partial charge in [-0.15, -0.1) is 0 Å². The summed E-state index contributed by atoms with van der Waals surface area (Å²) in [5, 5.41) is 3.98. The minimum absolute atomic E-state index is 0.0763. The van der Waals surface area contributed by atoms with Crippen LogP contribution >= 0.6 is 23.2 Å². The first kappa shape index (κ1) is 16.5. The van der Waals surface area contributed by atoms with E-state index in [4.69, 9.17) is 27.7 Å². The fraction of sp³-hybridized carbons (Fsp3) is 0.333. The molecule has 8 heteroatoms. The van der Waals surface area contributed by atoms with Gasteiger partial charge in [-0.1, -0.05) is 28.4 Å². The third-order valence-electron chi connectivity index (χ3n) is 3.64. The summed E-state index contributed by atoms with van der Waals surface area (Å²) < 4.78 is 28.5. The van der Waals surface area contributed by atoms with Crippen molar-refractivity contribution in [3.8, 4) is 0 Å². The lowest BCUT2D eigenvalue weighted by Crippen LogP contribution is -2.11. The van der Waals surface area contributed by atoms with Crippen LogP contribution in [-0.4, -0.2) is 25.6 Å². The standard InChI is InChI=1S/C15H13Cl2NO4S/c1-23(20,21)7-11-9(4-5-12(16)13(11)17)14(19)10-6-18-22-15(10)8-2-3-8/h4-6,8H,2-3,7H2,1H3. The molecule has 0 radical (unpaired) electrons. The Bertz CT molecular complexity index is 885. The van der Waals surface area contributed by atoms with Gasteiger partial charge in [-0.2, -0.15) is 0 Å². The summed E-state index contributed by atoms with van der Waals surface area (Å²) in [6, 6.07) is 2.97. The van der Waals surface area contributed by atoms with E-state index in [-0.39, 0.29) is 38.6 Å². The Morgan fingerprint density at radius 2 is 2.00 bits per heavy atom. The van der Waals surface area contributed by atoms with Gasteiger partial charge in [0.05, 0.1) is 27.6 Å². The zero-order chi connectivity index (χ0) is 16.8. The van der Waals surface area contributed by atoms with Crippen molar-refractivity contribution in [1.29, 1.82) is 0 Å². The zero-order valence-corrected chi connectivity index (χ0v) is 14.5. The van der Waals surface area contributed by atoms with E-state index >= 15 is 0 Å². The molecule has 23 heavy (non-hydrogen) atoms. The topological polar surface area (TPSA) is 77.2 Å². The fourth-order valence-corrected chi connectivity index (χ4v) is 3.72. The number of benzene rings is 1. The van der Waals surface area contributed by atoms with Crippen molar-refractivity contribution in [2.75, 3.05) is 6.26 Å². The molecule has 1 fully saturated rings. The molecule has 0 saturated heterocycles. The maximum absolute atomic E-state index is 12.8. The smallest absolute Gasteiger partial charge is 0.198 e. The predicted molar refractivity (Wildman–Crippen MR) is 86.9 cm³/mol. The number of rotatable bonds is 5. The van der Waals surface area contributed by atoms with E-state index in [0.717, 1.165) is 19.1 Å². The highest BCUT2D eigenvalue weighted by molar-refractivity contribution is 7.89. The van der Waals surface area contributed by atoms with Crippen LogP contribution < -0.4 is 0 Å². The Labute approximate surface area is 143 Å². The third-order valence-corrected chi connectivity index (χ3v) is 5.29. The van der Waals surface area contributed by atoms with E-state index < -0.39 is 9.84 Å². The summed E-state index contributed by atoms with van der Waals surface area (Å²) in [5.41, 5.74) is 0.755. The average molecular weight is 374 g/mol. The van der Waals surface area contributed by atoms with Gasteiger partial charge in [0, 0.05) is 17.7 Å². The first-order chi connectivity index (χ1) is 10.8. The lowest BCUT2D eigenvalue weighted by molar-refractivity contribution is 0.103. The Hall–Kier alpha value is -1.37. The number of nitrogens with zero attached hydrogens (tertiary/aromatic N) is 1. The maximum atomic E-state index is 12.8. The van der Waals surface area contributed by atoms with Gasteiger partial charge < -0.3 is 4.52 Å². The van der Waals surface area contributed by atoms with Crippen molar-refractivity contribution in [2.24, 2.45) is 0 Å². The minimum Gasteiger partial charge on any atom is -0.360 e. The highest BCUT2D eigenvalue weighted by Gasteiger charge is 2.33. The summed E-state index contributed by atoms with van der Waals surface area (Å²) >= 11 is 12.1. The summed E-state index contributed by atoms with van der Waals surface area (Å²) in [4.78, 5) is 12.8. The van der Waals surface area contributed by atoms with Gasteiger partial charge in [-0.3, -0.25) is 4.79 Å². The van der Waals surface area contributed by atoms with Crippen molar-refractivity contribution in [3.05, 3.63) is 50.8 Å². The highest BCUT2D eigenvalue weighted by atomic mass is 35.5. The molecular weight excluding hydrogens is 361 g/mol. The monoisotopic (exact) mass is 373 g/mol. The second-order valence-electron chi connectivity index (χ2n) is 5.66. The van der Waals surface area contributed by atoms with Crippen molar-refractivity contribution < 1.29 is 17.7 Å². The molecule has 122 valence electrons. The molecule has 2 aromatic rings. The summed E-state index contributed by atoms with van der Waals surface area (Å²) in [7, 11) is -3.39. The van der Waals surface area contributed by atoms with Gasteiger partial charge >= 0.3 is 0 Å². The number of ketones is 1. The third kappa shape index (κ3) is 3.44. The van der Waals surface area contributed by atoms with Crippen LogP contribution in [0.3, 0.4) is 0 Å². The van der Waals surface area contributed by atoms with Gasteiger partial charge in [0.15, 0.2) is 21.4 Å². The van der Waals surface area contributed by atoms with Crippen LogP contribution in [0, 0.1) is 0 Å². The van der Waals surface area contributed by atoms with Crippen LogP contribution in [0.1, 0.15) is 46.0 Å². The number of carbonyl (C=O) groups is 1. The van der Waals surface area contributed by atoms with Crippen molar-refractivity contribution in [2.45, 2.75) is 24.5 Å². The van der Waals surface area contributed by atoms with Crippen LogP contribution in [0.2, 0.25) is 10.0 Å². The number of hydrogen-bond acceptors (Lipinski definition) is 5. The molecule has 0 amide bonds. The molecule has 1 aliphatic carbocycles. The van der Waals surface area contributed by atoms with Crippen LogP contribution in [-0.2, 0) is 15.6 Å². The average Bonchev–Trinajstić information content (AvgIpc) is 3.19. The first-order valence-electron chi connectivity index (χ1n) is 6.92. The molecule has 0 unspecified atom stereocenters. The summed E-state index contributed by atoms with van der Waals surface area (Å²) in [6.45, 7) is 0. The van der Waals surface area contributed by atoms with Crippen molar-refractivity contribution >= 4 is 38.8 Å². The van der Waals surface area contributed by atoms with Crippen LogP contribution in [0.4, 0.5) is 0 Å². The van der Waals surface area contributed by atoms with E-state index in [9.17, 15) is 13.2 Å². The second kappa shape index (κ2) is 5.92. The quantitative estimate of drug-likeness (QED) is 0.747. The van der Waals surface area contributed by atoms with Gasteiger partial charge in [0.2, 0.25) is 0 Å². The number of sulfone groups is 1. The Balaban J connectivity index is 2.10. The summed E-state index contributed by atoms with van der Waals surface area (Å²) in [6.07, 6.45) is 4.34. The van der Waals surface area contributed by atoms with E-state index in [2.05, 4.69) is 5.16 Å². The molecule has 1 aromatic carbocycles. The number of halogens is 2. The van der Waals surface area contributed by atoms with Crippen molar-refractivity contribution in [1.82, 2.24) is 5.16 Å². The van der Waals surface area contributed by atoms with Gasteiger partial charge in [0.25, 0.3) is 0 Å². The fourth-order valence-electron chi connectivity index (χ4n) is 2.41. The van der Waals surface area contributed by atoms with Crippen LogP contribution in [0.5, 0.6) is 0 Å². The molecule has 1 heterocycles. The largest absolute Gasteiger partial charge is 0.360 e. The predicted octanol–water partition coefficient (Wildman–Crippen LogP) is 3.63. The second-order valence-corrected chi connectivity index (χ2v) is 8.59. The Morgan fingerprint density at radius 1 is 1.30 bits per heavy atom. The maximum Gasteiger partial charge on any atom is 0.198 e. The molecule has 0 aliphatic heterocycles. The van der Waals surface area contributed by atoms with Crippen LogP contribution in [0.15, 0.2) is 22.9 Å². The zero-order valence-electron chi connectivity index (χ0n) is 12.2. The molecule has 1 aromatic heterocycles. The Morgan fingerprint density at radius 3 is 2.61 bits per heavy atom. The first-order valence-corrected chi connectivity index (χ1v) is 9.73. The normalized spacial score (nSPS) is 14.9. The number of carbonyl (C=O) groups excluding carboxylic acids is 1. The van der Waals surface area contributed by atoms with Gasteiger partial charge in [-0.25, -0.2) is 8.42 Å². The lowest BCUT2D eigenvalue weighted by Gasteiger charge is -2.11. The SMILES string of the molecule is CS(=O)(=O)Cc1c(C(=O)c2cnoc2C2CC2)ccc(Cl)c1Cl. The lowest BCUT2D eigenvalue weighted by atomic mass is 9.98. The van der Waals surface area contributed by atoms with E-state index in [1.165, 1.54) is 18.3 Å². The minimum atomic E-state index is -3.39. The molecule has 0 bridgehead atoms. The number of aromatic nitrogens is 1. The molecule has 1 aliphatic rings. The molecule has 0 N–H and O–H groups in total. The summed E-state index contributed by atoms with van der Waals surface area (Å²) in [5.74, 6) is 0.0339. The Kier molecular flexibility index (Phi) is 4.25. The number of hydrogen-bond donors (Lipinski definition) is 0. The molecular formula is C15H13Cl2NO4S.